The first-order valence-electron chi connectivity index (χ1n) is 3.56. The van der Waals surface area contributed by atoms with Gasteiger partial charge in [-0.2, -0.15) is 4.98 Å². The minimum Gasteiger partial charge on any atom is -0.440 e. The Balaban J connectivity index is 2.70. The standard InChI is InChI=1S/C8H5Cl2NO2/c9-6-2-4-1-5(3-12)13-8(4)11-7(6)10/h1-2,12H,3H2. The summed E-state index contributed by atoms with van der Waals surface area (Å²) in [5.41, 5.74) is 0.387. The predicted octanol–water partition coefficient (Wildman–Crippen LogP) is 2.63. The van der Waals surface area contributed by atoms with E-state index < -0.39 is 0 Å². The van der Waals surface area contributed by atoms with Crippen LogP contribution < -0.4 is 0 Å². The molecule has 0 atom stereocenters. The molecule has 68 valence electrons. The summed E-state index contributed by atoms with van der Waals surface area (Å²) in [4.78, 5) is 3.90. The fourth-order valence-electron chi connectivity index (χ4n) is 1.06. The summed E-state index contributed by atoms with van der Waals surface area (Å²) in [6.07, 6.45) is 0. The first kappa shape index (κ1) is 8.81. The van der Waals surface area contributed by atoms with E-state index in [0.717, 1.165) is 5.39 Å². The summed E-state index contributed by atoms with van der Waals surface area (Å²) < 4.78 is 5.15. The Morgan fingerprint density at radius 2 is 2.15 bits per heavy atom. The fourth-order valence-corrected chi connectivity index (χ4v) is 1.35. The van der Waals surface area contributed by atoms with E-state index in [1.54, 1.807) is 12.1 Å². The highest BCUT2D eigenvalue weighted by molar-refractivity contribution is 6.41. The Labute approximate surface area is 83.9 Å². The average molecular weight is 218 g/mol. The molecular weight excluding hydrogens is 213 g/mol. The summed E-state index contributed by atoms with van der Waals surface area (Å²) in [6, 6.07) is 3.32. The van der Waals surface area contributed by atoms with Crippen LogP contribution in [0.25, 0.3) is 11.1 Å². The molecule has 0 fully saturated rings. The van der Waals surface area contributed by atoms with Crippen molar-refractivity contribution in [3.8, 4) is 0 Å². The van der Waals surface area contributed by atoms with Crippen LogP contribution in [0.3, 0.4) is 0 Å². The van der Waals surface area contributed by atoms with Gasteiger partial charge < -0.3 is 9.52 Å². The quantitative estimate of drug-likeness (QED) is 0.748. The molecule has 3 nitrogen and oxygen atoms in total. The number of hydrogen-bond donors (Lipinski definition) is 1. The molecule has 0 saturated carbocycles. The molecule has 0 radical (unpaired) electrons. The van der Waals surface area contributed by atoms with Crippen molar-refractivity contribution in [3.63, 3.8) is 0 Å². The van der Waals surface area contributed by atoms with Crippen molar-refractivity contribution < 1.29 is 9.52 Å². The molecule has 0 saturated heterocycles. The first-order chi connectivity index (χ1) is 6.20. The van der Waals surface area contributed by atoms with Gasteiger partial charge in [0, 0.05) is 5.39 Å². The summed E-state index contributed by atoms with van der Waals surface area (Å²) in [5, 5.41) is 10.1. The minimum atomic E-state index is -0.161. The Morgan fingerprint density at radius 3 is 2.85 bits per heavy atom. The largest absolute Gasteiger partial charge is 0.440 e. The highest BCUT2D eigenvalue weighted by atomic mass is 35.5. The SMILES string of the molecule is OCc1cc2cc(Cl)c(Cl)nc2o1. The van der Waals surface area contributed by atoms with Gasteiger partial charge in [-0.25, -0.2) is 0 Å². The number of halogens is 2. The van der Waals surface area contributed by atoms with Crippen LogP contribution in [0.1, 0.15) is 5.76 Å². The van der Waals surface area contributed by atoms with Gasteiger partial charge in [0.05, 0.1) is 5.02 Å². The second-order valence-corrected chi connectivity index (χ2v) is 3.29. The lowest BCUT2D eigenvalue weighted by molar-refractivity contribution is 0.250. The van der Waals surface area contributed by atoms with E-state index in [-0.39, 0.29) is 11.8 Å². The van der Waals surface area contributed by atoms with Crippen LogP contribution in [0.15, 0.2) is 16.5 Å². The van der Waals surface area contributed by atoms with Crippen LogP contribution in [-0.4, -0.2) is 10.1 Å². The summed E-state index contributed by atoms with van der Waals surface area (Å²) in [6.45, 7) is -0.161. The maximum atomic E-state index is 8.79. The third kappa shape index (κ3) is 1.50. The maximum absolute atomic E-state index is 8.79. The van der Waals surface area contributed by atoms with Crippen LogP contribution in [-0.2, 0) is 6.61 Å². The van der Waals surface area contributed by atoms with Gasteiger partial charge in [-0.05, 0) is 12.1 Å². The Hall–Kier alpha value is -0.770. The zero-order valence-electron chi connectivity index (χ0n) is 6.42. The molecule has 0 spiro atoms. The molecule has 0 aliphatic rings. The van der Waals surface area contributed by atoms with E-state index in [1.165, 1.54) is 0 Å². The number of rotatable bonds is 1. The van der Waals surface area contributed by atoms with Crippen molar-refractivity contribution in [1.82, 2.24) is 4.98 Å². The molecule has 0 aromatic carbocycles. The van der Waals surface area contributed by atoms with Gasteiger partial charge in [-0.1, -0.05) is 23.2 Å². The zero-order valence-corrected chi connectivity index (χ0v) is 7.93. The molecule has 0 bridgehead atoms. The van der Waals surface area contributed by atoms with Gasteiger partial charge >= 0.3 is 0 Å². The highest BCUT2D eigenvalue weighted by Gasteiger charge is 2.07. The molecule has 2 rings (SSSR count). The van der Waals surface area contributed by atoms with E-state index in [9.17, 15) is 0 Å². The Bertz CT molecular complexity index is 414. The fraction of sp³-hybridized carbons (Fsp3) is 0.125. The predicted molar refractivity (Wildman–Crippen MR) is 50.0 cm³/mol. The van der Waals surface area contributed by atoms with Gasteiger partial charge in [-0.15, -0.1) is 0 Å². The zero-order chi connectivity index (χ0) is 9.42. The van der Waals surface area contributed by atoms with Crippen molar-refractivity contribution in [3.05, 3.63) is 28.1 Å². The van der Waals surface area contributed by atoms with Crippen molar-refractivity contribution in [2.45, 2.75) is 6.61 Å². The van der Waals surface area contributed by atoms with Gasteiger partial charge in [0.1, 0.15) is 12.4 Å². The highest BCUT2D eigenvalue weighted by Crippen LogP contribution is 2.26. The molecule has 0 aliphatic heterocycles. The molecular formula is C8H5Cl2NO2. The lowest BCUT2D eigenvalue weighted by atomic mass is 10.3. The van der Waals surface area contributed by atoms with E-state index in [0.29, 0.717) is 16.5 Å². The van der Waals surface area contributed by atoms with Gasteiger partial charge in [0.2, 0.25) is 5.71 Å². The number of fused-ring (bicyclic) bond motifs is 1. The molecule has 2 aromatic rings. The Kier molecular flexibility index (Phi) is 2.15. The summed E-state index contributed by atoms with van der Waals surface area (Å²) >= 11 is 11.4. The third-order valence-electron chi connectivity index (χ3n) is 1.63. The number of pyridine rings is 1. The van der Waals surface area contributed by atoms with Crippen molar-refractivity contribution >= 4 is 34.3 Å². The minimum absolute atomic E-state index is 0.161. The number of aromatic nitrogens is 1. The first-order valence-corrected chi connectivity index (χ1v) is 4.31. The molecule has 0 aliphatic carbocycles. The molecule has 2 heterocycles. The lowest BCUT2D eigenvalue weighted by Crippen LogP contribution is -1.76. The molecule has 0 amide bonds. The van der Waals surface area contributed by atoms with Gasteiger partial charge in [0.15, 0.2) is 5.15 Å². The van der Waals surface area contributed by atoms with Crippen LogP contribution in [0.2, 0.25) is 10.2 Å². The maximum Gasteiger partial charge on any atom is 0.227 e. The van der Waals surface area contributed by atoms with Gasteiger partial charge in [0.25, 0.3) is 0 Å². The average Bonchev–Trinajstić information content (AvgIpc) is 2.48. The summed E-state index contributed by atoms with van der Waals surface area (Å²) in [7, 11) is 0. The van der Waals surface area contributed by atoms with Crippen molar-refractivity contribution in [1.29, 1.82) is 0 Å². The van der Waals surface area contributed by atoms with Crippen LogP contribution >= 0.6 is 23.2 Å². The normalized spacial score (nSPS) is 11.0. The van der Waals surface area contributed by atoms with Crippen molar-refractivity contribution in [2.24, 2.45) is 0 Å². The molecule has 2 aromatic heterocycles. The van der Waals surface area contributed by atoms with E-state index in [2.05, 4.69) is 4.98 Å². The molecule has 0 unspecified atom stereocenters. The van der Waals surface area contributed by atoms with E-state index in [1.807, 2.05) is 0 Å². The second kappa shape index (κ2) is 3.18. The second-order valence-electron chi connectivity index (χ2n) is 2.53. The topological polar surface area (TPSA) is 46.3 Å². The summed E-state index contributed by atoms with van der Waals surface area (Å²) in [5.74, 6) is 0.445. The number of hydrogen-bond acceptors (Lipinski definition) is 3. The monoisotopic (exact) mass is 217 g/mol. The molecule has 5 heteroatoms. The van der Waals surface area contributed by atoms with Crippen LogP contribution in [0.4, 0.5) is 0 Å². The lowest BCUT2D eigenvalue weighted by Gasteiger charge is -1.92. The van der Waals surface area contributed by atoms with Gasteiger partial charge in [-0.3, -0.25) is 0 Å². The number of furan rings is 1. The van der Waals surface area contributed by atoms with Crippen molar-refractivity contribution in [2.75, 3.05) is 0 Å². The van der Waals surface area contributed by atoms with Crippen LogP contribution in [0.5, 0.6) is 0 Å². The molecule has 13 heavy (non-hydrogen) atoms. The molecule has 1 N–H and O–H groups in total. The number of aliphatic hydroxyl groups is 1. The third-order valence-corrected chi connectivity index (χ3v) is 2.30. The smallest absolute Gasteiger partial charge is 0.227 e. The Morgan fingerprint density at radius 1 is 1.38 bits per heavy atom. The van der Waals surface area contributed by atoms with Crippen LogP contribution in [0, 0.1) is 0 Å². The number of aliphatic hydroxyl groups excluding tert-OH is 1. The number of nitrogens with zero attached hydrogens (tertiary/aromatic N) is 1. The van der Waals surface area contributed by atoms with E-state index >= 15 is 0 Å². The van der Waals surface area contributed by atoms with E-state index in [4.69, 9.17) is 32.7 Å².